The SMILES string of the molecule is COc1ccc(C2CNc3[nH]n(C)c(=O)c32)cc1. The lowest BCUT2D eigenvalue weighted by atomic mass is 9.95. The summed E-state index contributed by atoms with van der Waals surface area (Å²) >= 11 is 0. The van der Waals surface area contributed by atoms with Crippen molar-refractivity contribution in [2.75, 3.05) is 19.0 Å². The molecule has 3 rings (SSSR count). The quantitative estimate of drug-likeness (QED) is 0.838. The molecule has 1 unspecified atom stereocenters. The van der Waals surface area contributed by atoms with Gasteiger partial charge in [0, 0.05) is 19.5 Å². The van der Waals surface area contributed by atoms with Gasteiger partial charge in [0.2, 0.25) is 0 Å². The maximum absolute atomic E-state index is 12.0. The second-order valence-electron chi connectivity index (χ2n) is 4.47. The summed E-state index contributed by atoms with van der Waals surface area (Å²) in [5.41, 5.74) is 1.98. The van der Waals surface area contributed by atoms with Crippen LogP contribution in [0, 0.1) is 0 Å². The molecular formula is C13H15N3O2. The predicted molar refractivity (Wildman–Crippen MR) is 69.4 cm³/mol. The Bertz CT molecular complexity index is 625. The monoisotopic (exact) mass is 245 g/mol. The van der Waals surface area contributed by atoms with Gasteiger partial charge in [-0.1, -0.05) is 12.1 Å². The van der Waals surface area contributed by atoms with E-state index in [1.807, 2.05) is 24.3 Å². The molecule has 0 saturated heterocycles. The first-order chi connectivity index (χ1) is 8.70. The zero-order valence-corrected chi connectivity index (χ0v) is 10.4. The lowest BCUT2D eigenvalue weighted by molar-refractivity contribution is 0.414. The molecule has 94 valence electrons. The number of benzene rings is 1. The van der Waals surface area contributed by atoms with Crippen molar-refractivity contribution in [3.8, 4) is 5.75 Å². The maximum Gasteiger partial charge on any atom is 0.272 e. The van der Waals surface area contributed by atoms with Crippen LogP contribution in [-0.2, 0) is 7.05 Å². The number of anilines is 1. The number of hydrogen-bond acceptors (Lipinski definition) is 3. The normalized spacial score (nSPS) is 17.3. The molecule has 1 aromatic carbocycles. The van der Waals surface area contributed by atoms with Crippen molar-refractivity contribution in [2.45, 2.75) is 5.92 Å². The Labute approximate surface area is 104 Å². The fourth-order valence-electron chi connectivity index (χ4n) is 2.45. The summed E-state index contributed by atoms with van der Waals surface area (Å²) in [4.78, 5) is 12.0. The van der Waals surface area contributed by atoms with E-state index in [0.717, 1.165) is 29.2 Å². The zero-order valence-electron chi connectivity index (χ0n) is 10.4. The Morgan fingerprint density at radius 2 is 2.06 bits per heavy atom. The minimum atomic E-state index is 0.0378. The van der Waals surface area contributed by atoms with E-state index in [-0.39, 0.29) is 11.5 Å². The molecule has 2 aromatic rings. The summed E-state index contributed by atoms with van der Waals surface area (Å²) in [6.07, 6.45) is 0. The molecule has 1 aliphatic rings. The Balaban J connectivity index is 2.02. The molecule has 1 atom stereocenters. The summed E-state index contributed by atoms with van der Waals surface area (Å²) in [6, 6.07) is 7.86. The number of nitrogens with zero attached hydrogens (tertiary/aromatic N) is 1. The summed E-state index contributed by atoms with van der Waals surface area (Å²) in [7, 11) is 3.37. The van der Waals surface area contributed by atoms with E-state index in [4.69, 9.17) is 4.74 Å². The Morgan fingerprint density at radius 1 is 1.33 bits per heavy atom. The number of hydrogen-bond donors (Lipinski definition) is 2. The van der Waals surface area contributed by atoms with Crippen molar-refractivity contribution in [1.29, 1.82) is 0 Å². The molecule has 0 fully saturated rings. The van der Waals surface area contributed by atoms with Crippen molar-refractivity contribution in [1.82, 2.24) is 9.78 Å². The lowest BCUT2D eigenvalue weighted by Gasteiger charge is -2.09. The van der Waals surface area contributed by atoms with Gasteiger partial charge in [0.1, 0.15) is 11.6 Å². The number of nitrogens with one attached hydrogen (secondary N) is 2. The third-order valence-electron chi connectivity index (χ3n) is 3.43. The Morgan fingerprint density at radius 3 is 2.72 bits per heavy atom. The second-order valence-corrected chi connectivity index (χ2v) is 4.47. The Kier molecular flexibility index (Phi) is 2.40. The Hall–Kier alpha value is -2.17. The highest BCUT2D eigenvalue weighted by molar-refractivity contribution is 5.55. The highest BCUT2D eigenvalue weighted by Gasteiger charge is 2.29. The molecule has 5 heteroatoms. The van der Waals surface area contributed by atoms with E-state index in [0.29, 0.717) is 0 Å². The van der Waals surface area contributed by atoms with Crippen LogP contribution in [0.3, 0.4) is 0 Å². The highest BCUT2D eigenvalue weighted by atomic mass is 16.5. The number of aromatic amines is 1. The molecular weight excluding hydrogens is 230 g/mol. The van der Waals surface area contributed by atoms with Crippen molar-refractivity contribution in [2.24, 2.45) is 7.05 Å². The smallest absolute Gasteiger partial charge is 0.272 e. The van der Waals surface area contributed by atoms with Crippen LogP contribution in [0.1, 0.15) is 17.0 Å². The topological polar surface area (TPSA) is 59.0 Å². The van der Waals surface area contributed by atoms with Crippen LogP contribution in [0.15, 0.2) is 29.1 Å². The molecule has 0 bridgehead atoms. The number of rotatable bonds is 2. The molecule has 0 spiro atoms. The first-order valence-corrected chi connectivity index (χ1v) is 5.87. The van der Waals surface area contributed by atoms with Crippen molar-refractivity contribution in [3.63, 3.8) is 0 Å². The minimum Gasteiger partial charge on any atom is -0.497 e. The summed E-state index contributed by atoms with van der Waals surface area (Å²) in [6.45, 7) is 0.754. The van der Waals surface area contributed by atoms with E-state index in [1.165, 1.54) is 4.68 Å². The molecule has 0 aliphatic carbocycles. The van der Waals surface area contributed by atoms with Gasteiger partial charge in [0.05, 0.1) is 12.7 Å². The molecule has 5 nitrogen and oxygen atoms in total. The van der Waals surface area contributed by atoms with Crippen molar-refractivity contribution < 1.29 is 4.74 Å². The van der Waals surface area contributed by atoms with E-state index < -0.39 is 0 Å². The third kappa shape index (κ3) is 1.51. The van der Waals surface area contributed by atoms with Gasteiger partial charge in [-0.3, -0.25) is 14.6 Å². The summed E-state index contributed by atoms with van der Waals surface area (Å²) < 4.78 is 6.65. The van der Waals surface area contributed by atoms with Crippen LogP contribution >= 0.6 is 0 Å². The molecule has 0 saturated carbocycles. The maximum atomic E-state index is 12.0. The molecule has 2 N–H and O–H groups in total. The van der Waals surface area contributed by atoms with Crippen LogP contribution in [0.5, 0.6) is 5.75 Å². The average molecular weight is 245 g/mol. The van der Waals surface area contributed by atoms with Crippen LogP contribution in [-0.4, -0.2) is 23.4 Å². The predicted octanol–water partition coefficient (Wildman–Crippen LogP) is 1.28. The van der Waals surface area contributed by atoms with Crippen LogP contribution < -0.4 is 15.6 Å². The number of fused-ring (bicyclic) bond motifs is 1. The van der Waals surface area contributed by atoms with E-state index in [1.54, 1.807) is 14.2 Å². The van der Waals surface area contributed by atoms with Gasteiger partial charge in [0.15, 0.2) is 0 Å². The van der Waals surface area contributed by atoms with Gasteiger partial charge < -0.3 is 10.1 Å². The van der Waals surface area contributed by atoms with Crippen molar-refractivity contribution >= 4 is 5.82 Å². The van der Waals surface area contributed by atoms with E-state index in [9.17, 15) is 4.79 Å². The molecule has 0 radical (unpaired) electrons. The first-order valence-electron chi connectivity index (χ1n) is 5.87. The molecule has 18 heavy (non-hydrogen) atoms. The standard InChI is InChI=1S/C13H15N3O2/c1-16-13(17)11-10(7-14-12(11)15-16)8-3-5-9(18-2)6-4-8/h3-6,10,14-15H,7H2,1-2H3. The second kappa shape index (κ2) is 3.94. The van der Waals surface area contributed by atoms with Crippen molar-refractivity contribution in [3.05, 3.63) is 45.7 Å². The fraction of sp³-hybridized carbons (Fsp3) is 0.308. The molecule has 1 aliphatic heterocycles. The highest BCUT2D eigenvalue weighted by Crippen LogP contribution is 2.33. The summed E-state index contributed by atoms with van der Waals surface area (Å²) in [5, 5.41) is 6.25. The van der Waals surface area contributed by atoms with E-state index >= 15 is 0 Å². The first kappa shape index (κ1) is 11.0. The zero-order chi connectivity index (χ0) is 12.7. The minimum absolute atomic E-state index is 0.0378. The molecule has 2 heterocycles. The van der Waals surface area contributed by atoms with Gasteiger partial charge >= 0.3 is 0 Å². The number of aromatic nitrogens is 2. The molecule has 0 amide bonds. The number of ether oxygens (including phenoxy) is 1. The van der Waals surface area contributed by atoms with Gasteiger partial charge in [-0.25, -0.2) is 0 Å². The van der Waals surface area contributed by atoms with E-state index in [2.05, 4.69) is 10.4 Å². The largest absolute Gasteiger partial charge is 0.497 e. The average Bonchev–Trinajstić information content (AvgIpc) is 2.92. The number of methoxy groups -OCH3 is 1. The lowest BCUT2D eigenvalue weighted by Crippen LogP contribution is -2.19. The number of aryl methyl sites for hydroxylation is 1. The van der Waals surface area contributed by atoms with Crippen LogP contribution in [0.2, 0.25) is 0 Å². The van der Waals surface area contributed by atoms with Gasteiger partial charge in [-0.15, -0.1) is 0 Å². The van der Waals surface area contributed by atoms with Crippen LogP contribution in [0.4, 0.5) is 5.82 Å². The third-order valence-corrected chi connectivity index (χ3v) is 3.43. The van der Waals surface area contributed by atoms with Gasteiger partial charge in [0.25, 0.3) is 5.56 Å². The fourth-order valence-corrected chi connectivity index (χ4v) is 2.45. The van der Waals surface area contributed by atoms with Gasteiger partial charge in [-0.2, -0.15) is 0 Å². The number of H-pyrrole nitrogens is 1. The van der Waals surface area contributed by atoms with Crippen LogP contribution in [0.25, 0.3) is 0 Å². The summed E-state index contributed by atoms with van der Waals surface area (Å²) in [5.74, 6) is 1.77. The van der Waals surface area contributed by atoms with Gasteiger partial charge in [-0.05, 0) is 17.7 Å². The molecule has 1 aromatic heterocycles.